The second-order valence-corrected chi connectivity index (χ2v) is 7.37. The first-order chi connectivity index (χ1) is 13.6. The van der Waals surface area contributed by atoms with Gasteiger partial charge in [0.2, 0.25) is 5.91 Å². The van der Waals surface area contributed by atoms with Crippen LogP contribution in [-0.4, -0.2) is 56.0 Å². The van der Waals surface area contributed by atoms with Gasteiger partial charge in [0, 0.05) is 26.2 Å². The van der Waals surface area contributed by atoms with E-state index in [1.165, 1.54) is 4.90 Å². The Morgan fingerprint density at radius 1 is 0.964 bits per heavy atom. The van der Waals surface area contributed by atoms with Crippen molar-refractivity contribution < 1.29 is 14.3 Å². The van der Waals surface area contributed by atoms with Gasteiger partial charge in [-0.3, -0.25) is 14.5 Å². The van der Waals surface area contributed by atoms with Gasteiger partial charge in [-0.25, -0.2) is 4.90 Å². The van der Waals surface area contributed by atoms with E-state index in [1.54, 1.807) is 31.4 Å². The van der Waals surface area contributed by atoms with Crippen LogP contribution in [0.5, 0.6) is 5.75 Å². The molecule has 2 aromatic rings. The summed E-state index contributed by atoms with van der Waals surface area (Å²) in [6.07, 6.45) is 0.219. The molecule has 0 N–H and O–H groups in total. The van der Waals surface area contributed by atoms with E-state index in [0.29, 0.717) is 24.5 Å². The molecular weight excluding hydrogens is 378 g/mol. The van der Waals surface area contributed by atoms with Gasteiger partial charge in [-0.05, 0) is 36.4 Å². The molecule has 28 heavy (non-hydrogen) atoms. The molecule has 2 aromatic carbocycles. The van der Waals surface area contributed by atoms with Gasteiger partial charge in [0.05, 0.1) is 36.0 Å². The normalized spacial score (nSPS) is 20.7. The molecule has 2 saturated heterocycles. The maximum Gasteiger partial charge on any atom is 0.251 e. The lowest BCUT2D eigenvalue weighted by Crippen LogP contribution is -2.52. The van der Waals surface area contributed by atoms with Crippen LogP contribution in [0.1, 0.15) is 6.42 Å². The number of methoxy groups -OCH3 is 1. The number of amides is 2. The third-order valence-corrected chi connectivity index (χ3v) is 5.72. The lowest BCUT2D eigenvalue weighted by molar-refractivity contribution is -0.123. The minimum absolute atomic E-state index is 0.152. The van der Waals surface area contributed by atoms with E-state index in [0.717, 1.165) is 23.8 Å². The maximum absolute atomic E-state index is 13.0. The fraction of sp³-hybridized carbons (Fsp3) is 0.333. The lowest BCUT2D eigenvalue weighted by atomic mass is 10.1. The molecule has 2 fully saturated rings. The van der Waals surface area contributed by atoms with Crippen molar-refractivity contribution in [2.45, 2.75) is 12.5 Å². The average molecular weight is 400 g/mol. The van der Waals surface area contributed by atoms with E-state index in [1.807, 2.05) is 24.3 Å². The number of halogens is 1. The fourth-order valence-electron chi connectivity index (χ4n) is 3.89. The minimum Gasteiger partial charge on any atom is -0.497 e. The van der Waals surface area contributed by atoms with Crippen molar-refractivity contribution in [2.75, 3.05) is 43.1 Å². The van der Waals surface area contributed by atoms with Crippen molar-refractivity contribution >= 4 is 34.8 Å². The summed E-state index contributed by atoms with van der Waals surface area (Å²) in [6, 6.07) is 14.4. The van der Waals surface area contributed by atoms with Crippen LogP contribution in [0.25, 0.3) is 0 Å². The largest absolute Gasteiger partial charge is 0.497 e. The zero-order valence-electron chi connectivity index (χ0n) is 15.7. The Labute approximate surface area is 169 Å². The number of carbonyl (C=O) groups is 2. The number of benzene rings is 2. The summed E-state index contributed by atoms with van der Waals surface area (Å²) in [5, 5.41) is 0.730. The van der Waals surface area contributed by atoms with Crippen molar-refractivity contribution in [1.29, 1.82) is 0 Å². The number of piperazine rings is 1. The highest BCUT2D eigenvalue weighted by Crippen LogP contribution is 2.30. The third kappa shape index (κ3) is 3.45. The topological polar surface area (TPSA) is 53.1 Å². The Kier molecular flexibility index (Phi) is 5.24. The molecule has 1 unspecified atom stereocenters. The molecule has 0 saturated carbocycles. The van der Waals surface area contributed by atoms with Crippen LogP contribution in [0, 0.1) is 0 Å². The highest BCUT2D eigenvalue weighted by molar-refractivity contribution is 6.33. The van der Waals surface area contributed by atoms with Gasteiger partial charge in [0.1, 0.15) is 5.75 Å². The van der Waals surface area contributed by atoms with Crippen molar-refractivity contribution in [3.8, 4) is 5.75 Å². The zero-order valence-corrected chi connectivity index (χ0v) is 16.4. The van der Waals surface area contributed by atoms with E-state index in [-0.39, 0.29) is 18.2 Å². The molecule has 1 atom stereocenters. The number of rotatable bonds is 4. The molecule has 2 aliphatic heterocycles. The van der Waals surface area contributed by atoms with E-state index in [4.69, 9.17) is 16.3 Å². The van der Waals surface area contributed by atoms with Crippen molar-refractivity contribution in [1.82, 2.24) is 4.90 Å². The summed E-state index contributed by atoms with van der Waals surface area (Å²) in [5.41, 5.74) is 1.60. The summed E-state index contributed by atoms with van der Waals surface area (Å²) in [5.74, 6) is 0.380. The molecule has 146 valence electrons. The summed E-state index contributed by atoms with van der Waals surface area (Å²) >= 11 is 6.30. The second kappa shape index (κ2) is 7.81. The summed E-state index contributed by atoms with van der Waals surface area (Å²) in [4.78, 5) is 31.1. The highest BCUT2D eigenvalue weighted by atomic mass is 35.5. The first kappa shape index (κ1) is 18.8. The van der Waals surface area contributed by atoms with Gasteiger partial charge in [0.25, 0.3) is 5.91 Å². The molecule has 0 aromatic heterocycles. The van der Waals surface area contributed by atoms with Crippen LogP contribution >= 0.6 is 11.6 Å². The van der Waals surface area contributed by atoms with E-state index < -0.39 is 6.04 Å². The number of ether oxygens (including phenoxy) is 1. The van der Waals surface area contributed by atoms with Crippen molar-refractivity contribution in [3.63, 3.8) is 0 Å². The van der Waals surface area contributed by atoms with Gasteiger partial charge in [0.15, 0.2) is 0 Å². The average Bonchev–Trinajstić information content (AvgIpc) is 3.03. The maximum atomic E-state index is 13.0. The Morgan fingerprint density at radius 3 is 2.29 bits per heavy atom. The summed E-state index contributed by atoms with van der Waals surface area (Å²) in [6.45, 7) is 2.96. The number of para-hydroxylation sites is 1. The smallest absolute Gasteiger partial charge is 0.251 e. The fourth-order valence-corrected chi connectivity index (χ4v) is 4.14. The van der Waals surface area contributed by atoms with Crippen LogP contribution < -0.4 is 14.5 Å². The van der Waals surface area contributed by atoms with Crippen molar-refractivity contribution in [3.05, 3.63) is 53.6 Å². The first-order valence-corrected chi connectivity index (χ1v) is 9.70. The number of nitrogens with zero attached hydrogens (tertiary/aromatic N) is 3. The molecule has 2 heterocycles. The number of hydrogen-bond donors (Lipinski definition) is 0. The quantitative estimate of drug-likeness (QED) is 0.740. The van der Waals surface area contributed by atoms with Gasteiger partial charge in [-0.15, -0.1) is 0 Å². The van der Waals surface area contributed by atoms with Crippen LogP contribution in [0.4, 0.5) is 11.4 Å². The molecule has 0 radical (unpaired) electrons. The Balaban J connectivity index is 1.44. The zero-order chi connectivity index (χ0) is 19.7. The molecule has 0 aliphatic carbocycles. The van der Waals surface area contributed by atoms with E-state index in [9.17, 15) is 9.59 Å². The van der Waals surface area contributed by atoms with E-state index in [2.05, 4.69) is 9.80 Å². The van der Waals surface area contributed by atoms with Crippen LogP contribution in [0.3, 0.4) is 0 Å². The predicted molar refractivity (Wildman–Crippen MR) is 109 cm³/mol. The number of anilines is 2. The highest BCUT2D eigenvalue weighted by Gasteiger charge is 2.43. The van der Waals surface area contributed by atoms with Crippen LogP contribution in [-0.2, 0) is 9.59 Å². The molecule has 6 nitrogen and oxygen atoms in total. The molecule has 2 amide bonds. The predicted octanol–water partition coefficient (Wildman–Crippen LogP) is 2.80. The summed E-state index contributed by atoms with van der Waals surface area (Å²) in [7, 11) is 1.58. The molecule has 4 rings (SSSR count). The Bertz CT molecular complexity index is 879. The third-order valence-electron chi connectivity index (χ3n) is 5.40. The molecule has 0 spiro atoms. The Hall–Kier alpha value is -2.57. The lowest BCUT2D eigenvalue weighted by Gasteiger charge is -2.38. The first-order valence-electron chi connectivity index (χ1n) is 9.33. The molecule has 0 bridgehead atoms. The molecule has 2 aliphatic rings. The van der Waals surface area contributed by atoms with Crippen molar-refractivity contribution in [2.24, 2.45) is 0 Å². The minimum atomic E-state index is -0.400. The van der Waals surface area contributed by atoms with Gasteiger partial charge < -0.3 is 9.64 Å². The Morgan fingerprint density at radius 2 is 1.64 bits per heavy atom. The standard InChI is InChI=1S/C21H22ClN3O3/c1-28-16-8-6-15(7-9-16)25-20(26)14-19(21(25)27)24-12-10-23(11-13-24)18-5-3-2-4-17(18)22/h2-9,19H,10-14H2,1H3. The SMILES string of the molecule is COc1ccc(N2C(=O)CC(N3CCN(c4ccccc4Cl)CC3)C2=O)cc1. The molecular formula is C21H22ClN3O3. The van der Waals surface area contributed by atoms with Gasteiger partial charge in [-0.1, -0.05) is 23.7 Å². The number of hydrogen-bond acceptors (Lipinski definition) is 5. The number of imide groups is 1. The van der Waals surface area contributed by atoms with Gasteiger partial charge in [-0.2, -0.15) is 0 Å². The van der Waals surface area contributed by atoms with E-state index >= 15 is 0 Å². The van der Waals surface area contributed by atoms with Crippen LogP contribution in [0.15, 0.2) is 48.5 Å². The van der Waals surface area contributed by atoms with Gasteiger partial charge >= 0.3 is 0 Å². The molecule has 7 heteroatoms. The number of carbonyl (C=O) groups excluding carboxylic acids is 2. The monoisotopic (exact) mass is 399 g/mol. The van der Waals surface area contributed by atoms with Crippen LogP contribution in [0.2, 0.25) is 5.02 Å². The second-order valence-electron chi connectivity index (χ2n) is 6.96. The summed E-state index contributed by atoms with van der Waals surface area (Å²) < 4.78 is 5.15.